The van der Waals surface area contributed by atoms with Gasteiger partial charge in [0.15, 0.2) is 0 Å². The summed E-state index contributed by atoms with van der Waals surface area (Å²) in [5.41, 5.74) is 4.98. The second-order valence-corrected chi connectivity index (χ2v) is 15.9. The number of fused-ring (bicyclic) bond motifs is 1. The highest BCUT2D eigenvalue weighted by atomic mass is 32.2. The van der Waals surface area contributed by atoms with Crippen LogP contribution in [-0.2, 0) is 9.84 Å². The summed E-state index contributed by atoms with van der Waals surface area (Å²) in [6, 6.07) is 19.6. The maximum atomic E-state index is 14.5. The van der Waals surface area contributed by atoms with E-state index < -0.39 is 33.1 Å². The zero-order valence-electron chi connectivity index (χ0n) is 31.9. The minimum atomic E-state index is -3.03. The summed E-state index contributed by atoms with van der Waals surface area (Å²) in [6.45, 7) is 7.91. The Morgan fingerprint density at radius 3 is 2.42 bits per heavy atom. The van der Waals surface area contributed by atoms with Crippen molar-refractivity contribution >= 4 is 44.4 Å². The molecule has 0 spiro atoms. The maximum Gasteiger partial charge on any atom is 0.259 e. The van der Waals surface area contributed by atoms with Crippen molar-refractivity contribution in [3.8, 4) is 34.1 Å². The molecule has 7 rings (SSSR count). The van der Waals surface area contributed by atoms with Gasteiger partial charge in [0, 0.05) is 68.7 Å². The van der Waals surface area contributed by atoms with Crippen LogP contribution in [0, 0.1) is 18.6 Å². The average Bonchev–Trinajstić information content (AvgIpc) is 3.59. The molecule has 4 heterocycles. The van der Waals surface area contributed by atoms with Crippen molar-refractivity contribution in [1.82, 2.24) is 24.3 Å². The molecule has 0 atom stereocenters. The van der Waals surface area contributed by atoms with Crippen molar-refractivity contribution in [3.63, 3.8) is 0 Å². The minimum Gasteiger partial charge on any atom is -0.496 e. The lowest BCUT2D eigenvalue weighted by Gasteiger charge is -2.37. The van der Waals surface area contributed by atoms with Crippen molar-refractivity contribution in [2.75, 3.05) is 74.0 Å². The molecule has 0 radical (unpaired) electrons. The zero-order chi connectivity index (χ0) is 40.3. The predicted octanol–water partition coefficient (Wildman–Crippen LogP) is 6.61. The number of carbonyl (C=O) groups excluding carboxylic acids is 1. The van der Waals surface area contributed by atoms with Crippen LogP contribution >= 0.6 is 0 Å². The standard InChI is InChI=1S/C41H42F2N8O5S/c1-5-56-35-25-33(50-19-17-49(18-20-50)21-22-57(4,53)54)26(2)23-32(35)46-41-44-15-14-31(45-41)39-37(47-36-11-6-7-16-51(36)39)27-12-13-34(55-3)28(24-27)40(52)48-38-29(42)9-8-10-30(38)43/h6-16,23-25H,5,17-22H2,1-4H3,(H,48,52)(H,44,45,46). The topological polar surface area (TPSA) is 143 Å². The Morgan fingerprint density at radius 1 is 0.930 bits per heavy atom. The van der Waals surface area contributed by atoms with Crippen LogP contribution in [0.5, 0.6) is 11.5 Å². The van der Waals surface area contributed by atoms with Crippen LogP contribution < -0.4 is 25.0 Å². The molecule has 2 N–H and O–H groups in total. The Morgan fingerprint density at radius 2 is 1.70 bits per heavy atom. The number of aromatic nitrogens is 4. The van der Waals surface area contributed by atoms with Crippen molar-refractivity contribution in [3.05, 3.63) is 108 Å². The van der Waals surface area contributed by atoms with E-state index in [1.54, 1.807) is 30.5 Å². The lowest BCUT2D eigenvalue weighted by molar-refractivity contribution is 0.102. The highest BCUT2D eigenvalue weighted by Gasteiger charge is 2.24. The van der Waals surface area contributed by atoms with Gasteiger partial charge < -0.3 is 25.0 Å². The first-order chi connectivity index (χ1) is 27.4. The number of nitrogens with one attached hydrogen (secondary N) is 2. The van der Waals surface area contributed by atoms with Gasteiger partial charge in [-0.05, 0) is 74.0 Å². The van der Waals surface area contributed by atoms with Crippen LogP contribution in [0.25, 0.3) is 28.3 Å². The number of aryl methyl sites for hydroxylation is 1. The molecule has 13 nitrogen and oxygen atoms in total. The van der Waals surface area contributed by atoms with Crippen molar-refractivity contribution in [2.24, 2.45) is 0 Å². The summed E-state index contributed by atoms with van der Waals surface area (Å²) in [5.74, 6) is -1.31. The molecule has 1 aliphatic heterocycles. The number of nitrogens with zero attached hydrogens (tertiary/aromatic N) is 6. The first-order valence-corrected chi connectivity index (χ1v) is 20.4. The van der Waals surface area contributed by atoms with Gasteiger partial charge in [-0.2, -0.15) is 0 Å². The van der Waals surface area contributed by atoms with E-state index in [4.69, 9.17) is 19.4 Å². The monoisotopic (exact) mass is 796 g/mol. The molecule has 0 bridgehead atoms. The number of halogens is 2. The number of hydrogen-bond acceptors (Lipinski definition) is 11. The Kier molecular flexibility index (Phi) is 11.3. The molecule has 16 heteroatoms. The number of methoxy groups -OCH3 is 1. The smallest absolute Gasteiger partial charge is 0.259 e. The number of piperazine rings is 1. The fraction of sp³-hybridized carbons (Fsp3) is 0.268. The fourth-order valence-corrected chi connectivity index (χ4v) is 7.43. The molecule has 1 fully saturated rings. The largest absolute Gasteiger partial charge is 0.496 e. The van der Waals surface area contributed by atoms with E-state index in [0.29, 0.717) is 58.8 Å². The summed E-state index contributed by atoms with van der Waals surface area (Å²) in [7, 11) is -1.62. The predicted molar refractivity (Wildman–Crippen MR) is 217 cm³/mol. The average molecular weight is 797 g/mol. The summed E-state index contributed by atoms with van der Waals surface area (Å²) in [4.78, 5) is 32.3. The number of pyridine rings is 1. The van der Waals surface area contributed by atoms with Gasteiger partial charge in [0.25, 0.3) is 5.91 Å². The van der Waals surface area contributed by atoms with Gasteiger partial charge in [-0.25, -0.2) is 32.2 Å². The second-order valence-electron chi connectivity index (χ2n) is 13.6. The van der Waals surface area contributed by atoms with E-state index in [9.17, 15) is 22.0 Å². The number of imidazole rings is 1. The van der Waals surface area contributed by atoms with E-state index in [1.165, 1.54) is 19.4 Å². The summed E-state index contributed by atoms with van der Waals surface area (Å²) >= 11 is 0. The normalized spacial score (nSPS) is 13.5. The quantitative estimate of drug-likeness (QED) is 0.130. The third kappa shape index (κ3) is 8.66. The van der Waals surface area contributed by atoms with Crippen LogP contribution in [0.3, 0.4) is 0 Å². The summed E-state index contributed by atoms with van der Waals surface area (Å²) in [5, 5.41) is 5.70. The number of ether oxygens (including phenoxy) is 2. The van der Waals surface area contributed by atoms with E-state index in [0.717, 1.165) is 49.6 Å². The molecule has 1 saturated heterocycles. The first kappa shape index (κ1) is 39.1. The SMILES string of the molecule is CCOc1cc(N2CCN(CCS(C)(=O)=O)CC2)c(C)cc1Nc1nccc(-c2c(-c3ccc(OC)c(C(=O)Nc4c(F)cccc4F)c3)nc3ccccn23)n1. The van der Waals surface area contributed by atoms with E-state index >= 15 is 0 Å². The molecule has 0 saturated carbocycles. The van der Waals surface area contributed by atoms with E-state index in [-0.39, 0.29) is 17.1 Å². The van der Waals surface area contributed by atoms with Crippen LogP contribution in [-0.4, -0.2) is 97.0 Å². The number of para-hydroxylation sites is 1. The molecule has 6 aromatic rings. The van der Waals surface area contributed by atoms with Gasteiger partial charge in [0.05, 0.1) is 47.8 Å². The molecule has 1 aliphatic rings. The number of amides is 1. The summed E-state index contributed by atoms with van der Waals surface area (Å²) in [6.07, 6.45) is 4.76. The molecule has 0 aliphatic carbocycles. The van der Waals surface area contributed by atoms with Crippen molar-refractivity contribution < 1.29 is 31.5 Å². The van der Waals surface area contributed by atoms with Crippen molar-refractivity contribution in [2.45, 2.75) is 13.8 Å². The fourth-order valence-electron chi connectivity index (χ4n) is 6.84. The Hall–Kier alpha value is -6.13. The number of sulfone groups is 1. The molecule has 3 aromatic carbocycles. The van der Waals surface area contributed by atoms with Gasteiger partial charge >= 0.3 is 0 Å². The highest BCUT2D eigenvalue weighted by molar-refractivity contribution is 7.90. The number of rotatable bonds is 13. The van der Waals surface area contributed by atoms with E-state index in [1.807, 2.05) is 54.8 Å². The molecule has 1 amide bonds. The van der Waals surface area contributed by atoms with Gasteiger partial charge in [0.2, 0.25) is 5.95 Å². The van der Waals surface area contributed by atoms with Crippen LogP contribution in [0.1, 0.15) is 22.8 Å². The van der Waals surface area contributed by atoms with Crippen LogP contribution in [0.2, 0.25) is 0 Å². The number of anilines is 4. The minimum absolute atomic E-state index is 0.0433. The van der Waals surface area contributed by atoms with Gasteiger partial charge in [-0.1, -0.05) is 12.1 Å². The molecule has 0 unspecified atom stereocenters. The van der Waals surface area contributed by atoms with E-state index in [2.05, 4.69) is 25.4 Å². The van der Waals surface area contributed by atoms with Crippen LogP contribution in [0.4, 0.5) is 31.8 Å². The molecule has 3 aromatic heterocycles. The lowest BCUT2D eigenvalue weighted by atomic mass is 10.0. The second kappa shape index (κ2) is 16.5. The highest BCUT2D eigenvalue weighted by Crippen LogP contribution is 2.38. The number of benzene rings is 3. The maximum absolute atomic E-state index is 14.5. The molecular weight excluding hydrogens is 755 g/mol. The first-order valence-electron chi connectivity index (χ1n) is 18.4. The third-order valence-corrected chi connectivity index (χ3v) is 10.6. The Bertz CT molecular complexity index is 2540. The van der Waals surface area contributed by atoms with Crippen molar-refractivity contribution in [1.29, 1.82) is 0 Å². The zero-order valence-corrected chi connectivity index (χ0v) is 32.7. The number of carbonyl (C=O) groups is 1. The lowest BCUT2D eigenvalue weighted by Crippen LogP contribution is -2.47. The summed E-state index contributed by atoms with van der Waals surface area (Å²) < 4.78 is 65.8. The van der Waals surface area contributed by atoms with Crippen LogP contribution in [0.15, 0.2) is 85.2 Å². The molecule has 296 valence electrons. The number of hydrogen-bond donors (Lipinski definition) is 2. The van der Waals surface area contributed by atoms with Gasteiger partial charge in [-0.15, -0.1) is 0 Å². The molecule has 57 heavy (non-hydrogen) atoms. The third-order valence-electron chi connectivity index (χ3n) is 9.68. The van der Waals surface area contributed by atoms with Gasteiger partial charge in [-0.3, -0.25) is 14.1 Å². The Balaban J connectivity index is 1.19. The molecular formula is C41H42F2N8O5S. The van der Waals surface area contributed by atoms with Gasteiger partial charge in [0.1, 0.15) is 44.3 Å². The Labute approximate surface area is 329 Å².